The lowest BCUT2D eigenvalue weighted by Gasteiger charge is -2.36. The summed E-state index contributed by atoms with van der Waals surface area (Å²) >= 11 is 0. The fourth-order valence-corrected chi connectivity index (χ4v) is 2.30. The first-order chi connectivity index (χ1) is 10.2. The van der Waals surface area contributed by atoms with Crippen LogP contribution in [-0.2, 0) is 11.2 Å². The van der Waals surface area contributed by atoms with Crippen LogP contribution in [0.1, 0.15) is 25.8 Å². The molecular formula is C17H28IN3O. The Hall–Kier alpha value is -0.820. The minimum Gasteiger partial charge on any atom is -0.380 e. The number of ether oxygens (including phenoxy) is 1. The van der Waals surface area contributed by atoms with Gasteiger partial charge < -0.3 is 15.4 Å². The van der Waals surface area contributed by atoms with Gasteiger partial charge in [-0.05, 0) is 25.3 Å². The van der Waals surface area contributed by atoms with Crippen LogP contribution in [0.5, 0.6) is 0 Å². The van der Waals surface area contributed by atoms with Crippen molar-refractivity contribution in [1.82, 2.24) is 10.6 Å². The van der Waals surface area contributed by atoms with E-state index in [0.29, 0.717) is 0 Å². The van der Waals surface area contributed by atoms with E-state index in [0.717, 1.165) is 51.6 Å². The molecule has 1 saturated heterocycles. The molecule has 5 heteroatoms. The minimum atomic E-state index is 0. The van der Waals surface area contributed by atoms with Crippen LogP contribution in [0.4, 0.5) is 0 Å². The van der Waals surface area contributed by atoms with E-state index in [1.807, 2.05) is 0 Å². The summed E-state index contributed by atoms with van der Waals surface area (Å²) in [6.45, 7) is 8.61. The number of benzene rings is 1. The molecule has 0 atom stereocenters. The lowest BCUT2D eigenvalue weighted by Crippen LogP contribution is -2.44. The van der Waals surface area contributed by atoms with E-state index in [1.54, 1.807) is 0 Å². The van der Waals surface area contributed by atoms with Crippen LogP contribution >= 0.6 is 24.0 Å². The molecule has 1 aliphatic heterocycles. The molecule has 2 N–H and O–H groups in total. The van der Waals surface area contributed by atoms with Crippen LogP contribution in [0.25, 0.3) is 0 Å². The average Bonchev–Trinajstić information content (AvgIpc) is 2.48. The summed E-state index contributed by atoms with van der Waals surface area (Å²) in [5.74, 6) is 0.915. The summed E-state index contributed by atoms with van der Waals surface area (Å²) in [6.07, 6.45) is 2.20. The van der Waals surface area contributed by atoms with Crippen LogP contribution in [0.3, 0.4) is 0 Å². The Morgan fingerprint density at radius 2 is 1.95 bits per heavy atom. The van der Waals surface area contributed by atoms with E-state index in [-0.39, 0.29) is 29.4 Å². The van der Waals surface area contributed by atoms with Gasteiger partial charge in [-0.3, -0.25) is 4.99 Å². The maximum Gasteiger partial charge on any atom is 0.191 e. The van der Waals surface area contributed by atoms with Crippen molar-refractivity contribution in [2.45, 2.75) is 26.7 Å². The van der Waals surface area contributed by atoms with Gasteiger partial charge in [-0.15, -0.1) is 24.0 Å². The van der Waals surface area contributed by atoms with Gasteiger partial charge in [-0.2, -0.15) is 0 Å². The largest absolute Gasteiger partial charge is 0.380 e. The lowest BCUT2D eigenvalue weighted by molar-refractivity contribution is -0.0945. The van der Waals surface area contributed by atoms with Crippen molar-refractivity contribution in [2.75, 3.05) is 32.8 Å². The second kappa shape index (κ2) is 10.0. The molecule has 0 aromatic heterocycles. The third kappa shape index (κ3) is 6.52. The summed E-state index contributed by atoms with van der Waals surface area (Å²) in [6, 6.07) is 10.6. The Labute approximate surface area is 151 Å². The zero-order chi connectivity index (χ0) is 15.0. The van der Waals surface area contributed by atoms with Gasteiger partial charge in [0, 0.05) is 18.5 Å². The number of aryl methyl sites for hydroxylation is 1. The molecule has 0 radical (unpaired) electrons. The fraction of sp³-hybridized carbons (Fsp3) is 0.588. The fourth-order valence-electron chi connectivity index (χ4n) is 2.30. The SMILES string of the molecule is CCNC(=NCC1(C)COC1)NCCCc1ccccc1.I. The highest BCUT2D eigenvalue weighted by atomic mass is 127. The van der Waals surface area contributed by atoms with Crippen LogP contribution in [0.15, 0.2) is 35.3 Å². The third-order valence-corrected chi connectivity index (χ3v) is 3.64. The summed E-state index contributed by atoms with van der Waals surface area (Å²) in [5.41, 5.74) is 1.62. The van der Waals surface area contributed by atoms with Crippen molar-refractivity contribution in [2.24, 2.45) is 10.4 Å². The maximum absolute atomic E-state index is 5.27. The first-order valence-corrected chi connectivity index (χ1v) is 7.86. The molecule has 124 valence electrons. The zero-order valence-electron chi connectivity index (χ0n) is 13.6. The zero-order valence-corrected chi connectivity index (χ0v) is 15.9. The van der Waals surface area contributed by atoms with E-state index in [2.05, 4.69) is 59.8 Å². The molecule has 2 rings (SSSR count). The smallest absolute Gasteiger partial charge is 0.191 e. The standard InChI is InChI=1S/C17H27N3O.HI/c1-3-18-16(20-12-17(2)13-21-14-17)19-11-7-10-15-8-5-4-6-9-15;/h4-6,8-9H,3,7,10-14H2,1-2H3,(H2,18,19,20);1H. The van der Waals surface area contributed by atoms with Crippen LogP contribution in [0.2, 0.25) is 0 Å². The molecule has 0 amide bonds. The van der Waals surface area contributed by atoms with Gasteiger partial charge in [-0.25, -0.2) is 0 Å². The Morgan fingerprint density at radius 1 is 1.23 bits per heavy atom. The van der Waals surface area contributed by atoms with E-state index < -0.39 is 0 Å². The second-order valence-corrected chi connectivity index (χ2v) is 6.01. The van der Waals surface area contributed by atoms with E-state index in [4.69, 9.17) is 4.74 Å². The molecule has 0 unspecified atom stereocenters. The predicted molar refractivity (Wildman–Crippen MR) is 103 cm³/mol. The number of aliphatic imine (C=N–C) groups is 1. The molecule has 1 heterocycles. The lowest BCUT2D eigenvalue weighted by atomic mass is 9.89. The Morgan fingerprint density at radius 3 is 2.55 bits per heavy atom. The van der Waals surface area contributed by atoms with Gasteiger partial charge in [0.15, 0.2) is 5.96 Å². The average molecular weight is 417 g/mol. The molecular weight excluding hydrogens is 389 g/mol. The van der Waals surface area contributed by atoms with Crippen molar-refractivity contribution in [1.29, 1.82) is 0 Å². The molecule has 0 spiro atoms. The first-order valence-electron chi connectivity index (χ1n) is 7.86. The van der Waals surface area contributed by atoms with Crippen LogP contribution in [0, 0.1) is 5.41 Å². The Bertz CT molecular complexity index is 446. The number of rotatable bonds is 7. The minimum absolute atomic E-state index is 0. The molecule has 0 saturated carbocycles. The number of nitrogens with one attached hydrogen (secondary N) is 2. The van der Waals surface area contributed by atoms with Crippen molar-refractivity contribution in [3.05, 3.63) is 35.9 Å². The van der Waals surface area contributed by atoms with E-state index >= 15 is 0 Å². The summed E-state index contributed by atoms with van der Waals surface area (Å²) in [7, 11) is 0. The number of nitrogens with zero attached hydrogens (tertiary/aromatic N) is 1. The predicted octanol–water partition coefficient (Wildman–Crippen LogP) is 2.83. The maximum atomic E-state index is 5.27. The molecule has 1 fully saturated rings. The summed E-state index contributed by atoms with van der Waals surface area (Å²) < 4.78 is 5.27. The van der Waals surface area contributed by atoms with E-state index in [1.165, 1.54) is 5.56 Å². The normalized spacial score (nSPS) is 16.4. The second-order valence-electron chi connectivity index (χ2n) is 6.01. The third-order valence-electron chi connectivity index (χ3n) is 3.64. The number of guanidine groups is 1. The molecule has 0 aliphatic carbocycles. The van der Waals surface area contributed by atoms with Crippen molar-refractivity contribution in [3.63, 3.8) is 0 Å². The molecule has 1 aliphatic rings. The van der Waals surface area contributed by atoms with Crippen molar-refractivity contribution < 1.29 is 4.74 Å². The van der Waals surface area contributed by atoms with Crippen molar-refractivity contribution >= 4 is 29.9 Å². The first kappa shape index (κ1) is 19.2. The molecule has 1 aromatic rings. The number of halogens is 1. The monoisotopic (exact) mass is 417 g/mol. The van der Waals surface area contributed by atoms with Crippen molar-refractivity contribution in [3.8, 4) is 0 Å². The molecule has 0 bridgehead atoms. The Balaban J connectivity index is 0.00000242. The van der Waals surface area contributed by atoms with E-state index in [9.17, 15) is 0 Å². The highest BCUT2D eigenvalue weighted by Gasteiger charge is 2.33. The molecule has 22 heavy (non-hydrogen) atoms. The number of hydrogen-bond donors (Lipinski definition) is 2. The summed E-state index contributed by atoms with van der Waals surface area (Å²) in [4.78, 5) is 4.67. The highest BCUT2D eigenvalue weighted by Crippen LogP contribution is 2.26. The Kier molecular flexibility index (Phi) is 8.78. The molecule has 1 aromatic carbocycles. The van der Waals surface area contributed by atoms with Gasteiger partial charge in [0.05, 0.1) is 19.8 Å². The topological polar surface area (TPSA) is 45.7 Å². The highest BCUT2D eigenvalue weighted by molar-refractivity contribution is 14.0. The quantitative estimate of drug-likeness (QED) is 0.311. The van der Waals surface area contributed by atoms with Gasteiger partial charge in [0.1, 0.15) is 0 Å². The van der Waals surface area contributed by atoms with Gasteiger partial charge in [0.25, 0.3) is 0 Å². The number of hydrogen-bond acceptors (Lipinski definition) is 2. The van der Waals surface area contributed by atoms with Gasteiger partial charge >= 0.3 is 0 Å². The molecule has 4 nitrogen and oxygen atoms in total. The van der Waals surface area contributed by atoms with Crippen LogP contribution < -0.4 is 10.6 Å². The van der Waals surface area contributed by atoms with Gasteiger partial charge in [-0.1, -0.05) is 37.3 Å². The van der Waals surface area contributed by atoms with Gasteiger partial charge in [0.2, 0.25) is 0 Å². The summed E-state index contributed by atoms with van der Waals surface area (Å²) in [5, 5.41) is 6.71. The van der Waals surface area contributed by atoms with Crippen LogP contribution in [-0.4, -0.2) is 38.8 Å².